The molecule has 6 heteroatoms. The van der Waals surface area contributed by atoms with E-state index in [-0.39, 0.29) is 23.7 Å². The van der Waals surface area contributed by atoms with Gasteiger partial charge in [-0.1, -0.05) is 44.2 Å². The van der Waals surface area contributed by atoms with E-state index in [0.717, 1.165) is 18.5 Å². The Bertz CT molecular complexity index is 794. The highest BCUT2D eigenvalue weighted by atomic mass is 32.1. The molecule has 5 nitrogen and oxygen atoms in total. The van der Waals surface area contributed by atoms with Gasteiger partial charge in [-0.3, -0.25) is 14.9 Å². The molecule has 2 aromatic rings. The Labute approximate surface area is 151 Å². The number of ketones is 1. The van der Waals surface area contributed by atoms with E-state index in [1.54, 1.807) is 0 Å². The largest absolute Gasteiger partial charge is 0.484 e. The molecule has 3 rings (SSSR count). The maximum absolute atomic E-state index is 12.2. The number of aryl methyl sites for hydroxylation is 1. The second-order valence-corrected chi connectivity index (χ2v) is 8.07. The summed E-state index contributed by atoms with van der Waals surface area (Å²) < 4.78 is 5.49. The molecule has 0 fully saturated rings. The molecule has 1 aliphatic carbocycles. The van der Waals surface area contributed by atoms with Crippen molar-refractivity contribution in [2.75, 3.05) is 11.9 Å². The van der Waals surface area contributed by atoms with Crippen LogP contribution in [-0.4, -0.2) is 23.3 Å². The van der Waals surface area contributed by atoms with Gasteiger partial charge in [0.25, 0.3) is 5.91 Å². The summed E-state index contributed by atoms with van der Waals surface area (Å²) in [7, 11) is 0. The lowest BCUT2D eigenvalue weighted by atomic mass is 9.78. The summed E-state index contributed by atoms with van der Waals surface area (Å²) in [4.78, 5) is 29.4. The Morgan fingerprint density at radius 3 is 2.68 bits per heavy atom. The average molecular weight is 358 g/mol. The van der Waals surface area contributed by atoms with Crippen molar-refractivity contribution < 1.29 is 14.3 Å². The van der Waals surface area contributed by atoms with Crippen LogP contribution in [0.3, 0.4) is 0 Å². The van der Waals surface area contributed by atoms with Crippen molar-refractivity contribution >= 4 is 28.2 Å². The number of rotatable bonds is 5. The molecule has 1 aromatic carbocycles. The quantitative estimate of drug-likeness (QED) is 0.881. The van der Waals surface area contributed by atoms with Gasteiger partial charge in [0.15, 0.2) is 17.5 Å². The molecular formula is C19H22N2O3S. The second-order valence-electron chi connectivity index (χ2n) is 7.07. The number of benzene rings is 1. The summed E-state index contributed by atoms with van der Waals surface area (Å²) >= 11 is 1.25. The molecule has 1 aliphatic rings. The summed E-state index contributed by atoms with van der Waals surface area (Å²) in [5.41, 5.74) is 1.93. The summed E-state index contributed by atoms with van der Waals surface area (Å²) in [5.74, 6) is 0.483. The Morgan fingerprint density at radius 2 is 2.00 bits per heavy atom. The van der Waals surface area contributed by atoms with Crippen LogP contribution >= 0.6 is 11.3 Å². The molecule has 0 aliphatic heterocycles. The molecule has 0 radical (unpaired) electrons. The van der Waals surface area contributed by atoms with Crippen molar-refractivity contribution in [1.29, 1.82) is 0 Å². The number of carbonyl (C=O) groups excluding carboxylic acids is 2. The lowest BCUT2D eigenvalue weighted by molar-refractivity contribution is -0.118. The second kappa shape index (κ2) is 6.96. The number of aromatic nitrogens is 1. The molecule has 0 bridgehead atoms. The van der Waals surface area contributed by atoms with Crippen LogP contribution in [0, 0.1) is 5.41 Å². The van der Waals surface area contributed by atoms with E-state index in [1.807, 2.05) is 24.3 Å². The van der Waals surface area contributed by atoms with E-state index in [4.69, 9.17) is 4.74 Å². The lowest BCUT2D eigenvalue weighted by Crippen LogP contribution is -2.26. The zero-order chi connectivity index (χ0) is 18.0. The van der Waals surface area contributed by atoms with Crippen LogP contribution in [-0.2, 0) is 17.6 Å². The molecule has 0 spiro atoms. The standard InChI is InChI=1S/C19H22N2O3S/c1-4-12-5-7-13(8-6-12)24-11-16(23)21-18-20-14-9-19(2,3)10-15(22)17(14)25-18/h5-8H,4,9-11H2,1-3H3,(H,20,21,23). The first-order valence-electron chi connectivity index (χ1n) is 8.41. The van der Waals surface area contributed by atoms with Gasteiger partial charge in [-0.2, -0.15) is 0 Å². The van der Waals surface area contributed by atoms with E-state index < -0.39 is 0 Å². The fourth-order valence-corrected chi connectivity index (χ4v) is 3.83. The van der Waals surface area contributed by atoms with Gasteiger partial charge in [0.05, 0.1) is 10.6 Å². The molecule has 1 amide bonds. The Kier molecular flexibility index (Phi) is 4.90. The van der Waals surface area contributed by atoms with Gasteiger partial charge in [-0.25, -0.2) is 4.98 Å². The monoisotopic (exact) mass is 358 g/mol. The predicted octanol–water partition coefficient (Wildman–Crippen LogP) is 3.88. The average Bonchev–Trinajstić information content (AvgIpc) is 2.94. The van der Waals surface area contributed by atoms with Crippen molar-refractivity contribution in [2.24, 2.45) is 5.41 Å². The van der Waals surface area contributed by atoms with E-state index in [0.29, 0.717) is 22.2 Å². The highest BCUT2D eigenvalue weighted by Gasteiger charge is 2.34. The van der Waals surface area contributed by atoms with E-state index in [2.05, 4.69) is 31.1 Å². The minimum absolute atomic E-state index is 0.0762. The maximum atomic E-state index is 12.2. The summed E-state index contributed by atoms with van der Waals surface area (Å²) in [5, 5.41) is 3.19. The number of nitrogens with one attached hydrogen (secondary N) is 1. The molecule has 1 heterocycles. The summed E-state index contributed by atoms with van der Waals surface area (Å²) in [6.45, 7) is 6.12. The van der Waals surface area contributed by atoms with E-state index >= 15 is 0 Å². The van der Waals surface area contributed by atoms with Crippen LogP contribution in [0.25, 0.3) is 0 Å². The molecule has 1 N–H and O–H groups in total. The zero-order valence-electron chi connectivity index (χ0n) is 14.7. The Hall–Kier alpha value is -2.21. The number of amides is 1. The van der Waals surface area contributed by atoms with Crippen molar-refractivity contribution in [3.05, 3.63) is 40.4 Å². The third-order valence-corrected chi connectivity index (χ3v) is 5.24. The molecule has 25 heavy (non-hydrogen) atoms. The zero-order valence-corrected chi connectivity index (χ0v) is 15.5. The van der Waals surface area contributed by atoms with Crippen LogP contribution < -0.4 is 10.1 Å². The van der Waals surface area contributed by atoms with E-state index in [1.165, 1.54) is 16.9 Å². The Balaban J connectivity index is 1.59. The highest BCUT2D eigenvalue weighted by Crippen LogP contribution is 2.38. The molecule has 132 valence electrons. The number of carbonyl (C=O) groups is 2. The number of fused-ring (bicyclic) bond motifs is 1. The van der Waals surface area contributed by atoms with Crippen molar-refractivity contribution in [2.45, 2.75) is 40.0 Å². The van der Waals surface area contributed by atoms with Crippen LogP contribution in [0.15, 0.2) is 24.3 Å². The Morgan fingerprint density at radius 1 is 1.28 bits per heavy atom. The van der Waals surface area contributed by atoms with Crippen LogP contribution in [0.1, 0.15) is 48.1 Å². The SMILES string of the molecule is CCc1ccc(OCC(=O)Nc2nc3c(s2)C(=O)CC(C)(C)C3)cc1. The number of hydrogen-bond donors (Lipinski definition) is 1. The normalized spacial score (nSPS) is 15.6. The third-order valence-electron chi connectivity index (χ3n) is 4.18. The molecule has 0 saturated heterocycles. The minimum Gasteiger partial charge on any atom is -0.484 e. The first-order valence-corrected chi connectivity index (χ1v) is 9.22. The highest BCUT2D eigenvalue weighted by molar-refractivity contribution is 7.17. The fourth-order valence-electron chi connectivity index (χ4n) is 2.90. The number of nitrogens with zero attached hydrogens (tertiary/aromatic N) is 1. The van der Waals surface area contributed by atoms with Gasteiger partial charge < -0.3 is 4.74 Å². The molecule has 0 saturated carbocycles. The van der Waals surface area contributed by atoms with Crippen LogP contribution in [0.2, 0.25) is 0 Å². The van der Waals surface area contributed by atoms with Gasteiger partial charge in [-0.05, 0) is 36.0 Å². The van der Waals surface area contributed by atoms with Crippen LogP contribution in [0.5, 0.6) is 5.75 Å². The van der Waals surface area contributed by atoms with Gasteiger partial charge in [-0.15, -0.1) is 0 Å². The summed E-state index contributed by atoms with van der Waals surface area (Å²) in [6.07, 6.45) is 2.23. The van der Waals surface area contributed by atoms with Gasteiger partial charge in [0.1, 0.15) is 5.75 Å². The topological polar surface area (TPSA) is 68.3 Å². The third kappa shape index (κ3) is 4.25. The van der Waals surface area contributed by atoms with Gasteiger partial charge in [0, 0.05) is 6.42 Å². The van der Waals surface area contributed by atoms with Crippen molar-refractivity contribution in [3.8, 4) is 5.75 Å². The number of thiazole rings is 1. The molecular weight excluding hydrogens is 336 g/mol. The first-order chi connectivity index (χ1) is 11.9. The fraction of sp³-hybridized carbons (Fsp3) is 0.421. The van der Waals surface area contributed by atoms with Crippen molar-refractivity contribution in [1.82, 2.24) is 4.98 Å². The van der Waals surface area contributed by atoms with Gasteiger partial charge in [0.2, 0.25) is 0 Å². The minimum atomic E-state index is -0.280. The number of anilines is 1. The maximum Gasteiger partial charge on any atom is 0.264 e. The van der Waals surface area contributed by atoms with Gasteiger partial charge >= 0.3 is 0 Å². The lowest BCUT2D eigenvalue weighted by Gasteiger charge is -2.26. The van der Waals surface area contributed by atoms with E-state index in [9.17, 15) is 9.59 Å². The number of Topliss-reactive ketones (excluding diaryl/α,β-unsaturated/α-hetero) is 1. The molecule has 1 aromatic heterocycles. The smallest absolute Gasteiger partial charge is 0.264 e. The first kappa shape index (κ1) is 17.6. The summed E-state index contributed by atoms with van der Waals surface area (Å²) in [6, 6.07) is 7.68. The molecule has 0 atom stereocenters. The van der Waals surface area contributed by atoms with Crippen molar-refractivity contribution in [3.63, 3.8) is 0 Å². The van der Waals surface area contributed by atoms with Crippen LogP contribution in [0.4, 0.5) is 5.13 Å². The predicted molar refractivity (Wildman–Crippen MR) is 98.5 cm³/mol. The number of ether oxygens (including phenoxy) is 1. The molecule has 0 unspecified atom stereocenters. The number of hydrogen-bond acceptors (Lipinski definition) is 5.